The van der Waals surface area contributed by atoms with E-state index in [1.807, 2.05) is 0 Å². The fourth-order valence-corrected chi connectivity index (χ4v) is 1.44. The largest absolute Gasteiger partial charge is 0.478 e. The molecule has 0 rings (SSSR count). The normalized spacial score (nSPS) is 12.6. The van der Waals surface area contributed by atoms with Gasteiger partial charge >= 0.3 is 23.9 Å². The smallest absolute Gasteiger partial charge is 0.349 e. The average Bonchev–Trinajstić information content (AvgIpc) is 2.45. The first kappa shape index (κ1) is 21.2. The van der Waals surface area contributed by atoms with Gasteiger partial charge in [0.2, 0.25) is 12.2 Å². The third-order valence-electron chi connectivity index (χ3n) is 2.64. The number of rotatable bonds is 11. The summed E-state index contributed by atoms with van der Waals surface area (Å²) < 4.78 is 8.99. The van der Waals surface area contributed by atoms with Crippen LogP contribution in [0, 0.1) is 0 Å². The molecule has 2 N–H and O–H groups in total. The van der Waals surface area contributed by atoms with Crippen molar-refractivity contribution >= 4 is 35.4 Å². The summed E-state index contributed by atoms with van der Waals surface area (Å²) in [5.41, 5.74) is 0. The number of hydrogen-bond donors (Lipinski definition) is 2. The summed E-state index contributed by atoms with van der Waals surface area (Å²) in [4.78, 5) is 66.7. The lowest BCUT2D eigenvalue weighted by molar-refractivity contribution is -0.187. The molecule has 134 valence electrons. The van der Waals surface area contributed by atoms with Gasteiger partial charge in [-0.15, -0.1) is 0 Å². The number of Topliss-reactive ketones (excluding diaryl/α,β-unsaturated/α-hetero) is 2. The highest BCUT2D eigenvalue weighted by atomic mass is 16.6. The molecule has 0 aromatic rings. The van der Waals surface area contributed by atoms with Gasteiger partial charge in [0.05, 0.1) is 12.8 Å². The quantitative estimate of drug-likeness (QED) is 0.476. The molecule has 0 spiro atoms. The van der Waals surface area contributed by atoms with Gasteiger partial charge in [0.1, 0.15) is 11.6 Å². The zero-order valence-electron chi connectivity index (χ0n) is 13.1. The second-order valence-electron chi connectivity index (χ2n) is 4.90. The Bertz CT molecular complexity index is 488. The van der Waals surface area contributed by atoms with Crippen LogP contribution < -0.4 is 0 Å². The summed E-state index contributed by atoms with van der Waals surface area (Å²) in [7, 11) is 0. The summed E-state index contributed by atoms with van der Waals surface area (Å²) in [5.74, 6) is -6.60. The van der Waals surface area contributed by atoms with Crippen LogP contribution in [0.15, 0.2) is 0 Å². The lowest BCUT2D eigenvalue weighted by Gasteiger charge is -2.20. The highest BCUT2D eigenvalue weighted by Crippen LogP contribution is 2.10. The number of carbonyl (C=O) groups is 6. The Hall–Kier alpha value is -2.78. The van der Waals surface area contributed by atoms with Crippen molar-refractivity contribution < 1.29 is 48.5 Å². The molecule has 0 radical (unpaired) electrons. The Morgan fingerprint density at radius 3 is 1.17 bits per heavy atom. The molecule has 0 amide bonds. The van der Waals surface area contributed by atoms with E-state index in [-0.39, 0.29) is 24.4 Å². The monoisotopic (exact) mass is 346 g/mol. The lowest BCUT2D eigenvalue weighted by atomic mass is 10.2. The second-order valence-corrected chi connectivity index (χ2v) is 4.90. The van der Waals surface area contributed by atoms with E-state index < -0.39 is 48.9 Å². The van der Waals surface area contributed by atoms with Gasteiger partial charge in [-0.25, -0.2) is 9.59 Å². The highest BCUT2D eigenvalue weighted by Gasteiger charge is 2.40. The molecule has 0 aliphatic heterocycles. The van der Waals surface area contributed by atoms with Crippen molar-refractivity contribution in [2.75, 3.05) is 0 Å². The predicted molar refractivity (Wildman–Crippen MR) is 74.9 cm³/mol. The van der Waals surface area contributed by atoms with E-state index in [0.29, 0.717) is 0 Å². The maximum atomic E-state index is 11.5. The van der Waals surface area contributed by atoms with Crippen LogP contribution in [0.3, 0.4) is 0 Å². The third kappa shape index (κ3) is 8.61. The van der Waals surface area contributed by atoms with Crippen molar-refractivity contribution in [2.24, 2.45) is 0 Å². The number of carboxylic acid groups (broad SMARTS) is 2. The van der Waals surface area contributed by atoms with Crippen LogP contribution in [0.25, 0.3) is 0 Å². The molecule has 0 bridgehead atoms. The van der Waals surface area contributed by atoms with Crippen molar-refractivity contribution in [3.05, 3.63) is 0 Å². The van der Waals surface area contributed by atoms with Gasteiger partial charge in [-0.2, -0.15) is 0 Å². The van der Waals surface area contributed by atoms with E-state index in [2.05, 4.69) is 9.47 Å². The van der Waals surface area contributed by atoms with Crippen LogP contribution >= 0.6 is 0 Å². The molecule has 0 saturated carbocycles. The predicted octanol–water partition coefficient (Wildman–Crippen LogP) is -0.282. The van der Waals surface area contributed by atoms with Crippen molar-refractivity contribution in [3.63, 3.8) is 0 Å². The van der Waals surface area contributed by atoms with Crippen molar-refractivity contribution in [1.82, 2.24) is 0 Å². The van der Waals surface area contributed by atoms with Crippen LogP contribution in [0.5, 0.6) is 0 Å². The molecular weight excluding hydrogens is 328 g/mol. The number of carboxylic acids is 2. The van der Waals surface area contributed by atoms with Crippen molar-refractivity contribution in [1.29, 1.82) is 0 Å². The van der Waals surface area contributed by atoms with E-state index in [9.17, 15) is 28.8 Å². The zero-order chi connectivity index (χ0) is 18.9. The molecule has 0 aliphatic carbocycles. The standard InChI is InChI=1S/C14H18O10/c1-7(15)3-5-9(17)23-11(13(19)20)12(14(21)22)24-10(18)6-4-8(2)16/h11-12H,3-6H2,1-2H3,(H,19,20)(H,21,22). The fraction of sp³-hybridized carbons (Fsp3) is 0.571. The van der Waals surface area contributed by atoms with Gasteiger partial charge < -0.3 is 29.3 Å². The topological polar surface area (TPSA) is 161 Å². The molecule has 0 fully saturated rings. The lowest BCUT2D eigenvalue weighted by Crippen LogP contribution is -2.45. The van der Waals surface area contributed by atoms with Crippen molar-refractivity contribution in [3.8, 4) is 0 Å². The molecule has 0 heterocycles. The summed E-state index contributed by atoms with van der Waals surface area (Å²) >= 11 is 0. The number of ketones is 2. The summed E-state index contributed by atoms with van der Waals surface area (Å²) in [6, 6.07) is 0. The summed E-state index contributed by atoms with van der Waals surface area (Å²) in [6.45, 7) is 2.41. The van der Waals surface area contributed by atoms with Gasteiger partial charge in [-0.3, -0.25) is 9.59 Å². The molecule has 10 nitrogen and oxygen atoms in total. The van der Waals surface area contributed by atoms with E-state index in [1.165, 1.54) is 13.8 Å². The number of aliphatic carboxylic acids is 2. The van der Waals surface area contributed by atoms with Gasteiger partial charge in [0, 0.05) is 12.8 Å². The van der Waals surface area contributed by atoms with Gasteiger partial charge in [0.15, 0.2) is 0 Å². The fourth-order valence-electron chi connectivity index (χ4n) is 1.44. The SMILES string of the molecule is CC(=O)CCC(=O)OC(C(=O)O)C(OC(=O)CCC(C)=O)C(=O)O. The molecule has 0 aromatic carbocycles. The molecule has 0 saturated heterocycles. The van der Waals surface area contributed by atoms with Gasteiger partial charge in [0.25, 0.3) is 0 Å². The molecular formula is C14H18O10. The summed E-state index contributed by atoms with van der Waals surface area (Å²) in [5, 5.41) is 18.0. The molecule has 24 heavy (non-hydrogen) atoms. The first-order chi connectivity index (χ1) is 11.0. The Morgan fingerprint density at radius 1 is 0.667 bits per heavy atom. The molecule has 2 atom stereocenters. The number of carbonyl (C=O) groups excluding carboxylic acids is 4. The number of ether oxygens (including phenoxy) is 2. The molecule has 10 heteroatoms. The molecule has 0 aromatic heterocycles. The maximum Gasteiger partial charge on any atom is 0.349 e. The Balaban J connectivity index is 4.97. The van der Waals surface area contributed by atoms with Crippen LogP contribution in [-0.2, 0) is 38.2 Å². The van der Waals surface area contributed by atoms with Crippen molar-refractivity contribution in [2.45, 2.75) is 51.7 Å². The van der Waals surface area contributed by atoms with Gasteiger partial charge in [-0.05, 0) is 13.8 Å². The minimum atomic E-state index is -2.27. The minimum absolute atomic E-state index is 0.207. The van der Waals surface area contributed by atoms with Gasteiger partial charge in [-0.1, -0.05) is 0 Å². The van der Waals surface area contributed by atoms with E-state index in [1.54, 1.807) is 0 Å². The zero-order valence-corrected chi connectivity index (χ0v) is 13.1. The second kappa shape index (κ2) is 10.1. The van der Waals surface area contributed by atoms with E-state index >= 15 is 0 Å². The first-order valence-electron chi connectivity index (χ1n) is 6.88. The Labute approximate surface area is 136 Å². The van der Waals surface area contributed by atoms with E-state index in [0.717, 1.165) is 0 Å². The van der Waals surface area contributed by atoms with E-state index in [4.69, 9.17) is 10.2 Å². The minimum Gasteiger partial charge on any atom is -0.478 e. The van der Waals surface area contributed by atoms with Crippen LogP contribution in [-0.4, -0.2) is 57.9 Å². The summed E-state index contributed by atoms with van der Waals surface area (Å²) in [6.07, 6.45) is -5.85. The van der Waals surface area contributed by atoms with Crippen LogP contribution in [0.4, 0.5) is 0 Å². The Morgan fingerprint density at radius 2 is 0.958 bits per heavy atom. The highest BCUT2D eigenvalue weighted by molar-refractivity contribution is 5.89. The van der Waals surface area contributed by atoms with Crippen LogP contribution in [0.1, 0.15) is 39.5 Å². The Kier molecular flexibility index (Phi) is 8.91. The third-order valence-corrected chi connectivity index (χ3v) is 2.64. The number of esters is 2. The number of hydrogen-bond acceptors (Lipinski definition) is 8. The first-order valence-corrected chi connectivity index (χ1v) is 6.88. The molecule has 0 aliphatic rings. The maximum absolute atomic E-state index is 11.5. The molecule has 2 unspecified atom stereocenters. The van der Waals surface area contributed by atoms with Crippen LogP contribution in [0.2, 0.25) is 0 Å². The average molecular weight is 346 g/mol.